The van der Waals surface area contributed by atoms with Crippen molar-refractivity contribution < 1.29 is 19.4 Å². The molecule has 1 aromatic rings. The Bertz CT molecular complexity index is 503. The number of carbonyl (C=O) groups is 2. The van der Waals surface area contributed by atoms with Crippen LogP contribution in [0.3, 0.4) is 0 Å². The molecule has 6 nitrogen and oxygen atoms in total. The maximum Gasteiger partial charge on any atom is 0.328 e. The van der Waals surface area contributed by atoms with Crippen LogP contribution in [0, 0.1) is 0 Å². The van der Waals surface area contributed by atoms with E-state index in [0.717, 1.165) is 0 Å². The Kier molecular flexibility index (Phi) is 4.77. The zero-order chi connectivity index (χ0) is 14.6. The quantitative estimate of drug-likeness (QED) is 0.791. The van der Waals surface area contributed by atoms with Gasteiger partial charge in [-0.1, -0.05) is 0 Å². The third-order valence-corrected chi connectivity index (χ3v) is 3.07. The van der Waals surface area contributed by atoms with Crippen molar-refractivity contribution in [2.24, 2.45) is 0 Å². The molecule has 0 spiro atoms. The molecule has 19 heavy (non-hydrogen) atoms. The van der Waals surface area contributed by atoms with E-state index in [1.165, 1.54) is 21.0 Å². The Morgan fingerprint density at radius 1 is 1.37 bits per heavy atom. The fraction of sp³-hybridized carbons (Fsp3) is 0.333. The van der Waals surface area contributed by atoms with E-state index < -0.39 is 17.5 Å². The molecule has 1 rings (SSSR count). The van der Waals surface area contributed by atoms with Crippen LogP contribution in [-0.2, 0) is 4.79 Å². The summed E-state index contributed by atoms with van der Waals surface area (Å²) in [6.45, 7) is 2.80. The van der Waals surface area contributed by atoms with E-state index in [1.54, 1.807) is 18.2 Å². The molecule has 7 heteroatoms. The van der Waals surface area contributed by atoms with Crippen LogP contribution in [0.2, 0.25) is 0 Å². The molecule has 3 N–H and O–H groups in total. The van der Waals surface area contributed by atoms with Gasteiger partial charge in [0.1, 0.15) is 11.3 Å². The molecular formula is C12H15BrN2O4. The lowest BCUT2D eigenvalue weighted by Crippen LogP contribution is -2.51. The van der Waals surface area contributed by atoms with Crippen LogP contribution in [0.15, 0.2) is 22.7 Å². The fourth-order valence-corrected chi connectivity index (χ4v) is 1.56. The molecule has 0 atom stereocenters. The van der Waals surface area contributed by atoms with Gasteiger partial charge in [0.25, 0.3) is 0 Å². The predicted octanol–water partition coefficient (Wildman–Crippen LogP) is 2.44. The van der Waals surface area contributed by atoms with Gasteiger partial charge in [0.2, 0.25) is 0 Å². The minimum atomic E-state index is -1.35. The van der Waals surface area contributed by atoms with E-state index >= 15 is 0 Å². The number of rotatable bonds is 4. The number of methoxy groups -OCH3 is 1. The van der Waals surface area contributed by atoms with Gasteiger partial charge in [-0.25, -0.2) is 9.59 Å². The number of hydrogen-bond acceptors (Lipinski definition) is 3. The maximum absolute atomic E-state index is 11.7. The molecule has 0 saturated heterocycles. The van der Waals surface area contributed by atoms with Gasteiger partial charge in [-0.3, -0.25) is 0 Å². The Morgan fingerprint density at radius 3 is 2.53 bits per heavy atom. The highest BCUT2D eigenvalue weighted by atomic mass is 79.9. The van der Waals surface area contributed by atoms with E-state index in [4.69, 9.17) is 9.84 Å². The second kappa shape index (κ2) is 5.92. The Morgan fingerprint density at radius 2 is 2.00 bits per heavy atom. The molecule has 0 heterocycles. The molecular weight excluding hydrogens is 316 g/mol. The van der Waals surface area contributed by atoms with Crippen LogP contribution >= 0.6 is 15.9 Å². The van der Waals surface area contributed by atoms with E-state index in [-0.39, 0.29) is 0 Å². The topological polar surface area (TPSA) is 87.7 Å². The van der Waals surface area contributed by atoms with Crippen LogP contribution in [0.25, 0.3) is 0 Å². The summed E-state index contributed by atoms with van der Waals surface area (Å²) in [6, 6.07) is 4.46. The summed E-state index contributed by atoms with van der Waals surface area (Å²) in [5.74, 6) is -0.539. The van der Waals surface area contributed by atoms with Gasteiger partial charge in [0, 0.05) is 10.5 Å². The lowest BCUT2D eigenvalue weighted by atomic mass is 10.1. The molecule has 0 fully saturated rings. The van der Waals surface area contributed by atoms with Gasteiger partial charge >= 0.3 is 12.0 Å². The smallest absolute Gasteiger partial charge is 0.328 e. The van der Waals surface area contributed by atoms with Crippen LogP contribution < -0.4 is 15.4 Å². The number of ether oxygens (including phenoxy) is 1. The second-order valence-corrected chi connectivity index (χ2v) is 5.21. The van der Waals surface area contributed by atoms with Crippen molar-refractivity contribution in [3.05, 3.63) is 22.7 Å². The number of amides is 2. The highest BCUT2D eigenvalue weighted by Crippen LogP contribution is 2.27. The van der Waals surface area contributed by atoms with Crippen molar-refractivity contribution in [2.45, 2.75) is 19.4 Å². The average Bonchev–Trinajstić information content (AvgIpc) is 2.31. The third kappa shape index (κ3) is 4.13. The summed E-state index contributed by atoms with van der Waals surface area (Å²) in [6.07, 6.45) is 0. The zero-order valence-corrected chi connectivity index (χ0v) is 12.4. The minimum Gasteiger partial charge on any atom is -0.497 e. The van der Waals surface area contributed by atoms with Crippen molar-refractivity contribution in [1.29, 1.82) is 0 Å². The van der Waals surface area contributed by atoms with E-state index in [9.17, 15) is 9.59 Å². The first-order chi connectivity index (χ1) is 8.76. The SMILES string of the molecule is COc1ccc(Br)c(NC(=O)NC(C)(C)C(=O)O)c1. The summed E-state index contributed by atoms with van der Waals surface area (Å²) < 4.78 is 5.71. The van der Waals surface area contributed by atoms with Gasteiger partial charge in [0.05, 0.1) is 12.8 Å². The maximum atomic E-state index is 11.7. The molecule has 2 amide bonds. The minimum absolute atomic E-state index is 0.484. The number of urea groups is 1. The van der Waals surface area contributed by atoms with Crippen LogP contribution in [0.5, 0.6) is 5.75 Å². The summed E-state index contributed by atoms with van der Waals surface area (Å²) in [7, 11) is 1.51. The monoisotopic (exact) mass is 330 g/mol. The number of carboxylic acids is 1. The molecule has 0 aliphatic rings. The number of nitrogens with one attached hydrogen (secondary N) is 2. The average molecular weight is 331 g/mol. The van der Waals surface area contributed by atoms with E-state index in [0.29, 0.717) is 15.9 Å². The molecule has 0 radical (unpaired) electrons. The molecule has 104 valence electrons. The first-order valence-electron chi connectivity index (χ1n) is 5.42. The van der Waals surface area contributed by atoms with Crippen LogP contribution in [-0.4, -0.2) is 29.8 Å². The van der Waals surface area contributed by atoms with Crippen LogP contribution in [0.1, 0.15) is 13.8 Å². The number of carboxylic acid groups (broad SMARTS) is 1. The summed E-state index contributed by atoms with van der Waals surface area (Å²) in [4.78, 5) is 22.6. The summed E-state index contributed by atoms with van der Waals surface area (Å²) in [5.41, 5.74) is -0.867. The first kappa shape index (κ1) is 15.3. The van der Waals surface area contributed by atoms with Crippen LogP contribution in [0.4, 0.5) is 10.5 Å². The number of carbonyl (C=O) groups excluding carboxylic acids is 1. The Balaban J connectivity index is 2.80. The van der Waals surface area contributed by atoms with E-state index in [1.807, 2.05) is 0 Å². The summed E-state index contributed by atoms with van der Waals surface area (Å²) >= 11 is 3.28. The molecule has 0 unspecified atom stereocenters. The molecule has 0 aliphatic heterocycles. The molecule has 0 aliphatic carbocycles. The van der Waals surface area contributed by atoms with Crippen molar-refractivity contribution >= 4 is 33.6 Å². The number of hydrogen-bond donors (Lipinski definition) is 3. The predicted molar refractivity (Wildman–Crippen MR) is 74.6 cm³/mol. The first-order valence-corrected chi connectivity index (χ1v) is 6.21. The number of aliphatic carboxylic acids is 1. The Hall–Kier alpha value is -1.76. The fourth-order valence-electron chi connectivity index (χ4n) is 1.22. The Labute approximate surface area is 119 Å². The molecule has 0 bridgehead atoms. The summed E-state index contributed by atoms with van der Waals surface area (Å²) in [5, 5.41) is 13.8. The highest BCUT2D eigenvalue weighted by Gasteiger charge is 2.29. The lowest BCUT2D eigenvalue weighted by molar-refractivity contribution is -0.142. The second-order valence-electron chi connectivity index (χ2n) is 4.36. The molecule has 0 saturated carbocycles. The number of anilines is 1. The molecule has 1 aromatic carbocycles. The highest BCUT2D eigenvalue weighted by molar-refractivity contribution is 9.10. The van der Waals surface area contributed by atoms with Crippen molar-refractivity contribution in [2.75, 3.05) is 12.4 Å². The number of halogens is 1. The lowest BCUT2D eigenvalue weighted by Gasteiger charge is -2.21. The van der Waals surface area contributed by atoms with Crippen molar-refractivity contribution in [3.8, 4) is 5.75 Å². The third-order valence-electron chi connectivity index (χ3n) is 2.38. The van der Waals surface area contributed by atoms with Gasteiger partial charge in [-0.15, -0.1) is 0 Å². The van der Waals surface area contributed by atoms with Crippen molar-refractivity contribution in [1.82, 2.24) is 5.32 Å². The molecule has 0 aromatic heterocycles. The van der Waals surface area contributed by atoms with Crippen molar-refractivity contribution in [3.63, 3.8) is 0 Å². The standard InChI is InChI=1S/C12H15BrN2O4/c1-12(2,10(16)17)15-11(18)14-9-6-7(19-3)4-5-8(9)13/h4-6H,1-3H3,(H,16,17)(H2,14,15,18). The number of benzene rings is 1. The van der Waals surface area contributed by atoms with Gasteiger partial charge < -0.3 is 20.5 Å². The largest absolute Gasteiger partial charge is 0.497 e. The zero-order valence-electron chi connectivity index (χ0n) is 10.8. The normalized spacial score (nSPS) is 10.7. The van der Waals surface area contributed by atoms with E-state index in [2.05, 4.69) is 26.6 Å². The van der Waals surface area contributed by atoms with Gasteiger partial charge in [-0.05, 0) is 41.9 Å². The van der Waals surface area contributed by atoms with Gasteiger partial charge in [0.15, 0.2) is 0 Å². The van der Waals surface area contributed by atoms with Gasteiger partial charge in [-0.2, -0.15) is 0 Å².